The van der Waals surface area contributed by atoms with Crippen molar-refractivity contribution in [1.82, 2.24) is 4.98 Å². The summed E-state index contributed by atoms with van der Waals surface area (Å²) in [5.41, 5.74) is 0. The molecule has 0 fully saturated rings. The molecular weight excluding hydrogens is 276 g/mol. The Labute approximate surface area is 97.2 Å². The van der Waals surface area contributed by atoms with Crippen LogP contribution in [-0.2, 0) is 9.73 Å². The van der Waals surface area contributed by atoms with Crippen LogP contribution in [0.15, 0.2) is 50.8 Å². The summed E-state index contributed by atoms with van der Waals surface area (Å²) in [4.78, 5) is 4.07. The molecule has 1 aliphatic rings. The normalized spacial score (nSPS) is 24.1. The first-order chi connectivity index (χ1) is 7.18. The maximum atomic E-state index is 12.1. The Kier molecular flexibility index (Phi) is 3.02. The van der Waals surface area contributed by atoms with Crippen molar-refractivity contribution < 1.29 is 4.21 Å². The molecule has 1 aliphatic heterocycles. The lowest BCUT2D eigenvalue weighted by molar-refractivity contribution is 0.684. The third kappa shape index (κ3) is 2.76. The molecule has 0 aliphatic carbocycles. The third-order valence-electron chi connectivity index (χ3n) is 1.83. The van der Waals surface area contributed by atoms with Crippen LogP contribution in [0.25, 0.3) is 0 Å². The average molecular weight is 285 g/mol. The number of pyridine rings is 1. The summed E-state index contributed by atoms with van der Waals surface area (Å²) in [5.74, 6) is 0.962. The van der Waals surface area contributed by atoms with E-state index in [2.05, 4.69) is 25.3 Å². The smallest absolute Gasteiger partial charge is 0.161 e. The van der Waals surface area contributed by atoms with Gasteiger partial charge in [-0.05, 0) is 28.1 Å². The molecule has 0 spiro atoms. The summed E-state index contributed by atoms with van der Waals surface area (Å²) in [5, 5.41) is 1.64. The monoisotopic (exact) mass is 284 g/mol. The molecule has 1 aromatic heterocycles. The second-order valence-corrected chi connectivity index (χ2v) is 6.12. The molecule has 0 amide bonds. The summed E-state index contributed by atoms with van der Waals surface area (Å²) < 4.78 is 17.1. The molecule has 0 radical (unpaired) electrons. The summed E-state index contributed by atoms with van der Waals surface area (Å²) in [6, 6.07) is 3.57. The zero-order valence-corrected chi connectivity index (χ0v) is 10.2. The van der Waals surface area contributed by atoms with E-state index in [0.29, 0.717) is 11.6 Å². The molecule has 0 saturated carbocycles. The van der Waals surface area contributed by atoms with E-state index in [-0.39, 0.29) is 0 Å². The summed E-state index contributed by atoms with van der Waals surface area (Å²) in [6.07, 6.45) is 7.12. The third-order valence-corrected chi connectivity index (χ3v) is 4.05. The van der Waals surface area contributed by atoms with E-state index >= 15 is 0 Å². The molecule has 5 heteroatoms. The number of aromatic nitrogens is 1. The van der Waals surface area contributed by atoms with Gasteiger partial charge in [0.1, 0.15) is 0 Å². The highest BCUT2D eigenvalue weighted by atomic mass is 79.9. The van der Waals surface area contributed by atoms with E-state index in [1.54, 1.807) is 23.7 Å². The number of allylic oxidation sites excluding steroid dienone is 2. The molecule has 15 heavy (non-hydrogen) atoms. The zero-order valence-electron chi connectivity index (χ0n) is 7.84. The number of nitrogens with zero attached hydrogens (tertiary/aromatic N) is 2. The van der Waals surface area contributed by atoms with Gasteiger partial charge in [-0.1, -0.05) is 18.2 Å². The SMILES string of the molecule is O=S1(=Nc2ccc(Br)cn2)C=CC=CC1. The van der Waals surface area contributed by atoms with E-state index in [1.165, 1.54) is 0 Å². The zero-order chi connectivity index (χ0) is 10.7. The van der Waals surface area contributed by atoms with Gasteiger partial charge >= 0.3 is 0 Å². The van der Waals surface area contributed by atoms with Crippen LogP contribution in [0, 0.1) is 0 Å². The quantitative estimate of drug-likeness (QED) is 0.796. The molecule has 1 unspecified atom stereocenters. The lowest BCUT2D eigenvalue weighted by atomic mass is 10.5. The Hall–Kier alpha value is -0.940. The average Bonchev–Trinajstić information content (AvgIpc) is 2.22. The van der Waals surface area contributed by atoms with Crippen molar-refractivity contribution in [2.45, 2.75) is 0 Å². The van der Waals surface area contributed by atoms with Crippen LogP contribution in [0.1, 0.15) is 0 Å². The first-order valence-corrected chi connectivity index (χ1v) is 6.92. The van der Waals surface area contributed by atoms with E-state index < -0.39 is 9.73 Å². The van der Waals surface area contributed by atoms with Crippen LogP contribution in [0.4, 0.5) is 5.82 Å². The van der Waals surface area contributed by atoms with Crippen molar-refractivity contribution in [3.63, 3.8) is 0 Å². The van der Waals surface area contributed by atoms with Gasteiger partial charge in [-0.2, -0.15) is 4.36 Å². The van der Waals surface area contributed by atoms with E-state index in [4.69, 9.17) is 0 Å². The Balaban J connectivity index is 2.38. The minimum absolute atomic E-state index is 0.460. The standard InChI is InChI=1S/C10H9BrN2OS/c11-9-4-5-10(12-8-9)13-15(14)6-2-1-3-7-15/h1-6,8H,7H2. The molecule has 0 aromatic carbocycles. The van der Waals surface area contributed by atoms with Gasteiger partial charge in [0.05, 0.1) is 15.5 Å². The molecule has 78 valence electrons. The fourth-order valence-electron chi connectivity index (χ4n) is 1.14. The predicted octanol–water partition coefficient (Wildman–Crippen LogP) is 3.03. The first kappa shape index (κ1) is 10.6. The molecule has 0 bridgehead atoms. The molecule has 1 atom stereocenters. The van der Waals surface area contributed by atoms with Gasteiger partial charge in [-0.25, -0.2) is 9.19 Å². The summed E-state index contributed by atoms with van der Waals surface area (Å²) in [6.45, 7) is 0. The summed E-state index contributed by atoms with van der Waals surface area (Å²) >= 11 is 3.28. The van der Waals surface area contributed by atoms with Crippen molar-refractivity contribution in [3.8, 4) is 0 Å². The minimum atomic E-state index is -2.28. The molecule has 0 N–H and O–H groups in total. The Morgan fingerprint density at radius 2 is 2.27 bits per heavy atom. The highest BCUT2D eigenvalue weighted by molar-refractivity contribution is 9.10. The molecule has 2 rings (SSSR count). The number of halogens is 1. The molecular formula is C10H9BrN2OS. The second-order valence-electron chi connectivity index (χ2n) is 3.04. The van der Waals surface area contributed by atoms with Crippen LogP contribution >= 0.6 is 15.9 Å². The van der Waals surface area contributed by atoms with Crippen LogP contribution in [0.3, 0.4) is 0 Å². The molecule has 0 saturated heterocycles. The number of rotatable bonds is 1. The van der Waals surface area contributed by atoms with Crippen molar-refractivity contribution in [2.75, 3.05) is 5.75 Å². The van der Waals surface area contributed by atoms with Crippen LogP contribution < -0.4 is 0 Å². The van der Waals surface area contributed by atoms with Gasteiger partial charge in [-0.3, -0.25) is 0 Å². The molecule has 2 heterocycles. The lowest BCUT2D eigenvalue weighted by Crippen LogP contribution is -2.01. The topological polar surface area (TPSA) is 42.3 Å². The predicted molar refractivity (Wildman–Crippen MR) is 65.3 cm³/mol. The number of hydrogen-bond donors (Lipinski definition) is 0. The summed E-state index contributed by atoms with van der Waals surface area (Å²) in [7, 11) is -2.28. The van der Waals surface area contributed by atoms with E-state index in [9.17, 15) is 4.21 Å². The van der Waals surface area contributed by atoms with Gasteiger partial charge in [-0.15, -0.1) is 0 Å². The first-order valence-electron chi connectivity index (χ1n) is 4.38. The maximum Gasteiger partial charge on any atom is 0.161 e. The molecule has 3 nitrogen and oxygen atoms in total. The minimum Gasteiger partial charge on any atom is -0.245 e. The fraction of sp³-hybridized carbons (Fsp3) is 0.100. The Bertz CT molecular complexity index is 525. The lowest BCUT2D eigenvalue weighted by Gasteiger charge is -2.04. The van der Waals surface area contributed by atoms with Crippen molar-refractivity contribution in [3.05, 3.63) is 46.4 Å². The van der Waals surface area contributed by atoms with Crippen molar-refractivity contribution in [1.29, 1.82) is 0 Å². The fourth-order valence-corrected chi connectivity index (χ4v) is 2.77. The Morgan fingerprint density at radius 1 is 1.40 bits per heavy atom. The second kappa shape index (κ2) is 4.28. The Morgan fingerprint density at radius 3 is 2.87 bits per heavy atom. The van der Waals surface area contributed by atoms with Gasteiger partial charge in [0.25, 0.3) is 0 Å². The van der Waals surface area contributed by atoms with Gasteiger partial charge in [0.15, 0.2) is 5.82 Å². The van der Waals surface area contributed by atoms with Crippen molar-refractivity contribution >= 4 is 31.5 Å². The van der Waals surface area contributed by atoms with Gasteiger partial charge in [0, 0.05) is 16.1 Å². The molecule has 1 aromatic rings. The van der Waals surface area contributed by atoms with Gasteiger partial charge in [0.2, 0.25) is 0 Å². The van der Waals surface area contributed by atoms with E-state index in [0.717, 1.165) is 4.47 Å². The van der Waals surface area contributed by atoms with Gasteiger partial charge < -0.3 is 0 Å². The van der Waals surface area contributed by atoms with Crippen molar-refractivity contribution in [2.24, 2.45) is 4.36 Å². The number of hydrogen-bond acceptors (Lipinski definition) is 3. The van der Waals surface area contributed by atoms with Crippen LogP contribution in [0.2, 0.25) is 0 Å². The largest absolute Gasteiger partial charge is 0.245 e. The van der Waals surface area contributed by atoms with Crippen LogP contribution in [0.5, 0.6) is 0 Å². The van der Waals surface area contributed by atoms with Crippen LogP contribution in [-0.4, -0.2) is 14.9 Å². The highest BCUT2D eigenvalue weighted by Crippen LogP contribution is 2.17. The highest BCUT2D eigenvalue weighted by Gasteiger charge is 2.05. The maximum absolute atomic E-state index is 12.1. The van der Waals surface area contributed by atoms with E-state index in [1.807, 2.05) is 18.2 Å².